The third-order valence-corrected chi connectivity index (χ3v) is 4.25. The molecule has 2 rings (SSSR count). The highest BCUT2D eigenvalue weighted by atomic mass is 32.2. The molecule has 1 saturated heterocycles. The molecule has 0 aromatic carbocycles. The molecule has 2 unspecified atom stereocenters. The van der Waals surface area contributed by atoms with Crippen LogP contribution in [0.25, 0.3) is 0 Å². The van der Waals surface area contributed by atoms with Crippen LogP contribution in [-0.4, -0.2) is 56.6 Å². The summed E-state index contributed by atoms with van der Waals surface area (Å²) in [7, 11) is 1.10. The van der Waals surface area contributed by atoms with Gasteiger partial charge in [0.05, 0.1) is 7.11 Å². The molecule has 0 spiro atoms. The summed E-state index contributed by atoms with van der Waals surface area (Å²) in [5, 5.41) is 8.52. The van der Waals surface area contributed by atoms with Gasteiger partial charge >= 0.3 is 0 Å². The molecule has 1 heterocycles. The third kappa shape index (κ3) is 1.52. The minimum Gasteiger partial charge on any atom is -0.385 e. The summed E-state index contributed by atoms with van der Waals surface area (Å²) in [5.41, 5.74) is 0. The Morgan fingerprint density at radius 2 is 2.00 bits per heavy atom. The number of thioether (sulfide) groups is 1. The van der Waals surface area contributed by atoms with E-state index >= 15 is 0 Å². The number of nitrogens with zero attached hydrogens (tertiary/aromatic N) is 1. The van der Waals surface area contributed by atoms with Gasteiger partial charge in [-0.25, -0.2) is 0 Å². The molecule has 0 radical (unpaired) electrons. The second-order valence-corrected chi connectivity index (χ2v) is 5.27. The summed E-state index contributed by atoms with van der Waals surface area (Å²) in [6.07, 6.45) is -1.52. The number of Topliss-reactive ketones (excluding diaryl/α,β-unsaturated/α-hetero) is 3. The van der Waals surface area contributed by atoms with Crippen LogP contribution in [0, 0.1) is 5.92 Å². The van der Waals surface area contributed by atoms with Crippen molar-refractivity contribution in [3.63, 3.8) is 0 Å². The summed E-state index contributed by atoms with van der Waals surface area (Å²) < 4.78 is 0. The molecule has 102 valence electrons. The minimum absolute atomic E-state index is 0.230. The van der Waals surface area contributed by atoms with Crippen LogP contribution in [0.5, 0.6) is 0 Å². The number of fused-ring (bicyclic) bond motifs is 1. The number of carbonyl (C=O) groups is 5. The molecule has 19 heavy (non-hydrogen) atoms. The summed E-state index contributed by atoms with van der Waals surface area (Å²) in [6, 6.07) is 0. The first-order valence-corrected chi connectivity index (χ1v) is 6.02. The highest BCUT2D eigenvalue weighted by Gasteiger charge is 2.80. The largest absolute Gasteiger partial charge is 0.385 e. The quantitative estimate of drug-likeness (QED) is 0.360. The van der Waals surface area contributed by atoms with E-state index in [9.17, 15) is 24.0 Å². The van der Waals surface area contributed by atoms with Gasteiger partial charge in [-0.2, -0.15) is 5.06 Å². The van der Waals surface area contributed by atoms with Gasteiger partial charge in [0, 0.05) is 0 Å². The number of amides is 1. The van der Waals surface area contributed by atoms with Gasteiger partial charge in [0.2, 0.25) is 22.2 Å². The summed E-state index contributed by atoms with van der Waals surface area (Å²) >= 11 is 0.230. The van der Waals surface area contributed by atoms with Crippen molar-refractivity contribution in [2.75, 3.05) is 7.11 Å². The van der Waals surface area contributed by atoms with Crippen molar-refractivity contribution in [3.8, 4) is 0 Å². The standard InChI is InChI=1S/C10H9NO7S/c1-3(12)5(13)9(17)19-10-4(6(14)7(10)15)8(16)11(10)18-2/h3-4,12H,1-2H3/t3?,4?,10-/m0/s1. The fourth-order valence-electron chi connectivity index (χ4n) is 1.98. The smallest absolute Gasteiger partial charge is 0.262 e. The monoisotopic (exact) mass is 287 g/mol. The summed E-state index contributed by atoms with van der Waals surface area (Å²) in [6.45, 7) is 1.10. The minimum atomic E-state index is -1.77. The third-order valence-electron chi connectivity index (χ3n) is 2.96. The lowest BCUT2D eigenvalue weighted by atomic mass is 9.68. The zero-order valence-corrected chi connectivity index (χ0v) is 10.7. The average molecular weight is 287 g/mol. The predicted octanol–water partition coefficient (Wildman–Crippen LogP) is -1.94. The Morgan fingerprint density at radius 3 is 2.47 bits per heavy atom. The summed E-state index contributed by atoms with van der Waals surface area (Å²) in [5.74, 6) is -4.98. The Labute approximate surface area is 111 Å². The molecule has 1 aliphatic heterocycles. The van der Waals surface area contributed by atoms with E-state index in [0.29, 0.717) is 5.06 Å². The first kappa shape index (κ1) is 13.8. The first-order valence-electron chi connectivity index (χ1n) is 5.21. The lowest BCUT2D eigenvalue weighted by Crippen LogP contribution is -2.84. The van der Waals surface area contributed by atoms with Gasteiger partial charge in [0.25, 0.3) is 11.0 Å². The van der Waals surface area contributed by atoms with E-state index < -0.39 is 45.3 Å². The molecule has 9 heteroatoms. The van der Waals surface area contributed by atoms with E-state index in [1.54, 1.807) is 0 Å². The van der Waals surface area contributed by atoms with Crippen LogP contribution in [0.15, 0.2) is 0 Å². The number of aliphatic hydroxyl groups excluding tert-OH is 1. The Balaban J connectivity index is 2.24. The normalized spacial score (nSPS) is 30.4. The molecule has 1 N–H and O–H groups in total. The van der Waals surface area contributed by atoms with Crippen molar-refractivity contribution < 1.29 is 33.9 Å². The Bertz CT molecular complexity index is 528. The maximum Gasteiger partial charge on any atom is 0.262 e. The molecule has 3 atom stereocenters. The zero-order chi connectivity index (χ0) is 14.5. The van der Waals surface area contributed by atoms with Gasteiger partial charge in [-0.3, -0.25) is 28.8 Å². The van der Waals surface area contributed by atoms with Crippen molar-refractivity contribution in [3.05, 3.63) is 0 Å². The second-order valence-electron chi connectivity index (χ2n) is 4.07. The lowest BCUT2D eigenvalue weighted by Gasteiger charge is -2.57. The van der Waals surface area contributed by atoms with E-state index in [1.165, 1.54) is 0 Å². The van der Waals surface area contributed by atoms with E-state index in [1.807, 2.05) is 0 Å². The van der Waals surface area contributed by atoms with E-state index in [4.69, 9.17) is 5.11 Å². The molecule has 1 amide bonds. The van der Waals surface area contributed by atoms with Crippen molar-refractivity contribution in [1.29, 1.82) is 0 Å². The van der Waals surface area contributed by atoms with Crippen LogP contribution in [-0.2, 0) is 28.8 Å². The number of hydrogen-bond donors (Lipinski definition) is 1. The number of rotatable bonds is 4. The highest BCUT2D eigenvalue weighted by Crippen LogP contribution is 2.55. The zero-order valence-electron chi connectivity index (χ0n) is 9.91. The molecule has 1 saturated carbocycles. The summed E-state index contributed by atoms with van der Waals surface area (Å²) in [4.78, 5) is 60.1. The molecule has 0 bridgehead atoms. The fourth-order valence-corrected chi connectivity index (χ4v) is 3.30. The van der Waals surface area contributed by atoms with Gasteiger partial charge in [0.1, 0.15) is 12.0 Å². The van der Waals surface area contributed by atoms with Gasteiger partial charge in [-0.15, -0.1) is 0 Å². The highest BCUT2D eigenvalue weighted by molar-refractivity contribution is 8.17. The van der Waals surface area contributed by atoms with Gasteiger partial charge < -0.3 is 5.11 Å². The Morgan fingerprint density at radius 1 is 1.42 bits per heavy atom. The van der Waals surface area contributed by atoms with Crippen LogP contribution >= 0.6 is 11.8 Å². The second kappa shape index (κ2) is 4.22. The van der Waals surface area contributed by atoms with Crippen LogP contribution in [0.4, 0.5) is 0 Å². The molecular formula is C10H9NO7S. The number of β-lactam (4-membered cyclic amide) rings is 1. The molecule has 2 fully saturated rings. The SMILES string of the molecule is CON1C(=O)C2C(=O)C(=O)[C@@]21SC(=O)C(=O)C(C)O. The van der Waals surface area contributed by atoms with E-state index in [2.05, 4.69) is 4.84 Å². The van der Waals surface area contributed by atoms with E-state index in [-0.39, 0.29) is 11.8 Å². The number of ketones is 3. The van der Waals surface area contributed by atoms with Gasteiger partial charge in [-0.1, -0.05) is 0 Å². The number of hydroxylamine groups is 2. The number of piperidine rings is 1. The van der Waals surface area contributed by atoms with Crippen molar-refractivity contribution >= 4 is 40.1 Å². The molecule has 0 aromatic heterocycles. The van der Waals surface area contributed by atoms with Crippen molar-refractivity contribution in [2.24, 2.45) is 5.92 Å². The number of hydrogen-bond acceptors (Lipinski definition) is 8. The Kier molecular flexibility index (Phi) is 3.07. The molecule has 0 aromatic rings. The fraction of sp³-hybridized carbons (Fsp3) is 0.500. The van der Waals surface area contributed by atoms with Gasteiger partial charge in [0.15, 0.2) is 0 Å². The molecule has 8 nitrogen and oxygen atoms in total. The van der Waals surface area contributed by atoms with Crippen LogP contribution in [0.2, 0.25) is 0 Å². The van der Waals surface area contributed by atoms with Crippen LogP contribution in [0.3, 0.4) is 0 Å². The Hall–Kier alpha value is -1.58. The predicted molar refractivity (Wildman–Crippen MR) is 59.4 cm³/mol. The average Bonchev–Trinajstić information content (AvgIpc) is 2.36. The van der Waals surface area contributed by atoms with Crippen LogP contribution in [0.1, 0.15) is 6.92 Å². The molecule has 1 aliphatic carbocycles. The maximum absolute atomic E-state index is 11.6. The van der Waals surface area contributed by atoms with Crippen molar-refractivity contribution in [1.82, 2.24) is 5.06 Å². The molecular weight excluding hydrogens is 278 g/mol. The number of carbonyl (C=O) groups excluding carboxylic acids is 5. The van der Waals surface area contributed by atoms with Crippen LogP contribution < -0.4 is 0 Å². The van der Waals surface area contributed by atoms with Gasteiger partial charge in [-0.05, 0) is 18.7 Å². The van der Waals surface area contributed by atoms with Crippen molar-refractivity contribution in [2.45, 2.75) is 17.9 Å². The lowest BCUT2D eigenvalue weighted by molar-refractivity contribution is -0.245. The first-order chi connectivity index (χ1) is 8.78. The molecule has 2 aliphatic rings. The number of aliphatic hydroxyl groups is 1. The topological polar surface area (TPSA) is 118 Å². The van der Waals surface area contributed by atoms with E-state index in [0.717, 1.165) is 14.0 Å². The maximum atomic E-state index is 11.6.